The number of amides is 6. The van der Waals surface area contributed by atoms with E-state index in [4.69, 9.17) is 49.9 Å². The molecule has 1 unspecified atom stereocenters. The highest BCUT2D eigenvalue weighted by molar-refractivity contribution is 6.31. The van der Waals surface area contributed by atoms with Crippen LogP contribution in [0.2, 0.25) is 10.0 Å². The highest BCUT2D eigenvalue weighted by Gasteiger charge is 2.43. The fraction of sp³-hybridized carbons (Fsp3) is 0.302. The third-order valence-electron chi connectivity index (χ3n) is 10.6. The van der Waals surface area contributed by atoms with Crippen molar-refractivity contribution >= 4 is 64.2 Å². The summed E-state index contributed by atoms with van der Waals surface area (Å²) in [6.07, 6.45) is 0.0688. The lowest BCUT2D eigenvalue weighted by atomic mass is 9.74. The summed E-state index contributed by atoms with van der Waals surface area (Å²) >= 11 is 11.8. The van der Waals surface area contributed by atoms with Gasteiger partial charge in [-0.1, -0.05) is 35.3 Å². The van der Waals surface area contributed by atoms with Crippen molar-refractivity contribution in [2.75, 3.05) is 50.0 Å². The SMILES string of the molecule is N#CC1(C(=O)c2ccc(F)cc2)CCN(C(=O)COc2ccc(Cl)cc2NC(N)=O)CC1.NC(=O)Nc1cc(Cl)ccc1OCC(=O)N1CCC(N)(C(O)c2ccc(F)cc2)CC1. The summed E-state index contributed by atoms with van der Waals surface area (Å²) in [5, 5.41) is 25.9. The molecule has 0 saturated carbocycles. The van der Waals surface area contributed by atoms with Gasteiger partial charge in [0.15, 0.2) is 19.0 Å². The van der Waals surface area contributed by atoms with Crippen LogP contribution in [0.3, 0.4) is 0 Å². The molecule has 63 heavy (non-hydrogen) atoms. The van der Waals surface area contributed by atoms with E-state index in [1.165, 1.54) is 83.8 Å². The molecular formula is C43H44Cl2F2N8O8. The van der Waals surface area contributed by atoms with E-state index in [0.717, 1.165) is 0 Å². The molecule has 6 amide bonds. The van der Waals surface area contributed by atoms with Crippen molar-refractivity contribution < 1.29 is 47.3 Å². The minimum Gasteiger partial charge on any atom is -0.482 e. The summed E-state index contributed by atoms with van der Waals surface area (Å²) in [6, 6.07) is 20.2. The van der Waals surface area contributed by atoms with Crippen molar-refractivity contribution in [3.63, 3.8) is 0 Å². The normalized spacial score (nSPS) is 15.6. The van der Waals surface area contributed by atoms with E-state index in [2.05, 4.69) is 16.7 Å². The molecule has 16 nitrogen and oxygen atoms in total. The Morgan fingerprint density at radius 2 is 1.13 bits per heavy atom. The number of primary amides is 2. The van der Waals surface area contributed by atoms with Gasteiger partial charge in [-0.3, -0.25) is 14.4 Å². The number of ketones is 1. The average Bonchev–Trinajstić information content (AvgIpc) is 3.26. The number of piperidine rings is 2. The number of nitrogens with two attached hydrogens (primary N) is 3. The molecule has 2 fully saturated rings. The molecule has 9 N–H and O–H groups in total. The summed E-state index contributed by atoms with van der Waals surface area (Å²) in [4.78, 5) is 63.4. The highest BCUT2D eigenvalue weighted by Crippen LogP contribution is 2.36. The lowest BCUT2D eigenvalue weighted by Crippen LogP contribution is -2.55. The van der Waals surface area contributed by atoms with Crippen molar-refractivity contribution in [3.05, 3.63) is 118 Å². The predicted molar refractivity (Wildman–Crippen MR) is 229 cm³/mol. The number of carbonyl (C=O) groups excluding carboxylic acids is 5. The molecule has 20 heteroatoms. The number of aliphatic hydroxyl groups is 1. The number of ether oxygens (including phenoxy) is 2. The number of anilines is 2. The maximum atomic E-state index is 13.1. The zero-order valence-electron chi connectivity index (χ0n) is 33.6. The Kier molecular flexibility index (Phi) is 15.9. The van der Waals surface area contributed by atoms with E-state index in [1.54, 1.807) is 11.0 Å². The lowest BCUT2D eigenvalue weighted by Gasteiger charge is -2.42. The zero-order chi connectivity index (χ0) is 45.9. The number of rotatable bonds is 12. The smallest absolute Gasteiger partial charge is 0.316 e. The van der Waals surface area contributed by atoms with Crippen LogP contribution in [0.1, 0.15) is 47.7 Å². The van der Waals surface area contributed by atoms with Crippen molar-refractivity contribution in [3.8, 4) is 17.6 Å². The van der Waals surface area contributed by atoms with Crippen LogP contribution < -0.4 is 37.3 Å². The maximum Gasteiger partial charge on any atom is 0.316 e. The van der Waals surface area contributed by atoms with Crippen LogP contribution in [0, 0.1) is 28.4 Å². The molecule has 2 heterocycles. The number of Topliss-reactive ketones (excluding diaryl/α,β-unsaturated/α-hetero) is 1. The molecule has 0 radical (unpaired) electrons. The van der Waals surface area contributed by atoms with Crippen molar-refractivity contribution in [1.82, 2.24) is 9.80 Å². The highest BCUT2D eigenvalue weighted by atomic mass is 35.5. The number of carbonyl (C=O) groups is 5. The standard InChI is InChI=1S/C22H20ClFN4O4.C21H24ClFN4O4/c23-15-3-6-18(17(11-15)27-21(26)31)32-12-19(29)28-9-7-22(13-25,8-10-28)20(30)14-1-4-16(24)5-2-14;22-14-3-6-17(16(11-14)26-20(24)30)31-12-18(28)27-9-7-21(25,8-10-27)19(29)13-1-4-15(23)5-2-13/h1-6,11H,7-10,12H2,(H3,26,27,31);1-6,11,19,29H,7-10,12,25H2,(H3,24,26,30). The van der Waals surface area contributed by atoms with Gasteiger partial charge in [0, 0.05) is 47.3 Å². The Bertz CT molecular complexity index is 2350. The number of nitrogens with one attached hydrogen (secondary N) is 2. The van der Waals surface area contributed by atoms with Gasteiger partial charge in [-0.15, -0.1) is 0 Å². The first-order chi connectivity index (χ1) is 29.9. The summed E-state index contributed by atoms with van der Waals surface area (Å²) in [7, 11) is 0. The first-order valence-corrected chi connectivity index (χ1v) is 20.1. The Balaban J connectivity index is 0.000000238. The van der Waals surface area contributed by atoms with Gasteiger partial charge >= 0.3 is 12.1 Å². The number of urea groups is 2. The molecule has 4 aromatic rings. The fourth-order valence-corrected chi connectivity index (χ4v) is 7.35. The van der Waals surface area contributed by atoms with Crippen LogP contribution in [0.4, 0.5) is 29.7 Å². The molecular weight excluding hydrogens is 865 g/mol. The van der Waals surface area contributed by atoms with Gasteiger partial charge < -0.3 is 52.2 Å². The molecule has 0 aliphatic carbocycles. The second-order valence-corrected chi connectivity index (χ2v) is 15.7. The number of nitrogens with zero attached hydrogens (tertiary/aromatic N) is 3. The Hall–Kier alpha value is -6.52. The van der Waals surface area contributed by atoms with Crippen LogP contribution in [0.25, 0.3) is 0 Å². The molecule has 1 atom stereocenters. The van der Waals surface area contributed by atoms with E-state index in [1.807, 2.05) is 0 Å². The number of aliphatic hydroxyl groups excluding tert-OH is 1. The van der Waals surface area contributed by atoms with Crippen molar-refractivity contribution in [1.29, 1.82) is 5.26 Å². The topological polar surface area (TPSA) is 256 Å². The fourth-order valence-electron chi connectivity index (χ4n) is 7.01. The molecule has 0 spiro atoms. The number of hydrogen-bond donors (Lipinski definition) is 6. The monoisotopic (exact) mass is 908 g/mol. The molecule has 2 saturated heterocycles. The van der Waals surface area contributed by atoms with Gasteiger partial charge in [-0.2, -0.15) is 5.26 Å². The summed E-state index contributed by atoms with van der Waals surface area (Å²) in [6.45, 7) is 0.479. The molecule has 4 aromatic carbocycles. The van der Waals surface area contributed by atoms with Crippen molar-refractivity contribution in [2.24, 2.45) is 22.6 Å². The lowest BCUT2D eigenvalue weighted by molar-refractivity contribution is -0.136. The van der Waals surface area contributed by atoms with E-state index in [9.17, 15) is 43.1 Å². The van der Waals surface area contributed by atoms with Gasteiger partial charge in [0.2, 0.25) is 0 Å². The van der Waals surface area contributed by atoms with E-state index >= 15 is 0 Å². The number of hydrogen-bond acceptors (Lipinski definition) is 10. The first-order valence-electron chi connectivity index (χ1n) is 19.4. The molecule has 0 aromatic heterocycles. The van der Waals surface area contributed by atoms with Crippen LogP contribution in [0.5, 0.6) is 11.5 Å². The van der Waals surface area contributed by atoms with Crippen LogP contribution in [0.15, 0.2) is 84.9 Å². The number of halogens is 4. The minimum absolute atomic E-state index is 0.154. The Morgan fingerprint density at radius 3 is 1.54 bits per heavy atom. The number of nitriles is 1. The maximum absolute atomic E-state index is 13.1. The predicted octanol–water partition coefficient (Wildman–Crippen LogP) is 5.77. The second-order valence-electron chi connectivity index (χ2n) is 14.8. The van der Waals surface area contributed by atoms with Gasteiger partial charge in [0.25, 0.3) is 11.8 Å². The third-order valence-corrected chi connectivity index (χ3v) is 11.1. The molecule has 332 valence electrons. The Morgan fingerprint density at radius 1 is 0.714 bits per heavy atom. The average molecular weight is 910 g/mol. The van der Waals surface area contributed by atoms with Crippen LogP contribution >= 0.6 is 23.2 Å². The van der Waals surface area contributed by atoms with Gasteiger partial charge in [0.1, 0.15) is 28.5 Å². The molecule has 2 aliphatic heterocycles. The zero-order valence-corrected chi connectivity index (χ0v) is 35.1. The van der Waals surface area contributed by atoms with Gasteiger partial charge in [-0.05, 0) is 104 Å². The molecule has 0 bridgehead atoms. The quantitative estimate of drug-likeness (QED) is 0.0936. The second kappa shape index (κ2) is 21.0. The van der Waals surface area contributed by atoms with E-state index in [0.29, 0.717) is 41.5 Å². The van der Waals surface area contributed by atoms with Gasteiger partial charge in [-0.25, -0.2) is 18.4 Å². The third kappa shape index (κ3) is 12.5. The number of likely N-dealkylation sites (tertiary alicyclic amines) is 2. The van der Waals surface area contributed by atoms with Crippen LogP contribution in [-0.4, -0.2) is 89.5 Å². The minimum atomic E-state index is -1.27. The van der Waals surface area contributed by atoms with E-state index in [-0.39, 0.29) is 85.2 Å². The largest absolute Gasteiger partial charge is 0.482 e. The van der Waals surface area contributed by atoms with Gasteiger partial charge in [0.05, 0.1) is 23.5 Å². The summed E-state index contributed by atoms with van der Waals surface area (Å²) in [5.74, 6) is -1.37. The molecule has 2 aliphatic rings. The summed E-state index contributed by atoms with van der Waals surface area (Å²) < 4.78 is 37.4. The Labute approximate surface area is 370 Å². The first kappa shape index (κ1) is 47.5. The molecule has 6 rings (SSSR count). The summed E-state index contributed by atoms with van der Waals surface area (Å²) in [5.41, 5.74) is 15.8. The van der Waals surface area contributed by atoms with E-state index < -0.39 is 40.8 Å². The number of benzene rings is 4. The van der Waals surface area contributed by atoms with Crippen LogP contribution in [-0.2, 0) is 9.59 Å². The van der Waals surface area contributed by atoms with Crippen molar-refractivity contribution in [2.45, 2.75) is 37.3 Å².